The van der Waals surface area contributed by atoms with Gasteiger partial charge in [0.15, 0.2) is 5.01 Å². The Hall–Kier alpha value is -4.19. The van der Waals surface area contributed by atoms with Crippen LogP contribution in [0.4, 0.5) is 4.39 Å². The van der Waals surface area contributed by atoms with Crippen molar-refractivity contribution in [2.45, 2.75) is 51.1 Å². The van der Waals surface area contributed by atoms with Gasteiger partial charge < -0.3 is 25.6 Å². The van der Waals surface area contributed by atoms with Crippen molar-refractivity contribution in [3.63, 3.8) is 0 Å². The third-order valence-corrected chi connectivity index (χ3v) is 9.49. The van der Waals surface area contributed by atoms with Gasteiger partial charge in [-0.2, -0.15) is 0 Å². The van der Waals surface area contributed by atoms with E-state index in [4.69, 9.17) is 4.74 Å². The molecule has 3 N–H and O–H groups in total. The van der Waals surface area contributed by atoms with Crippen molar-refractivity contribution in [1.82, 2.24) is 30.8 Å². The molecule has 1 aliphatic heterocycles. The number of nitrogens with one attached hydrogen (secondary N) is 3. The number of ether oxygens (including phenoxy) is 1. The molecule has 4 aromatic rings. The quantitative estimate of drug-likeness (QED) is 0.214. The number of carbonyl (C=O) groups is 2. The Morgan fingerprint density at radius 2 is 1.70 bits per heavy atom. The minimum atomic E-state index is -0.618. The third-order valence-electron chi connectivity index (χ3n) is 8.54. The van der Waals surface area contributed by atoms with E-state index < -0.39 is 11.7 Å². The van der Waals surface area contributed by atoms with E-state index in [1.807, 2.05) is 30.5 Å². The summed E-state index contributed by atoms with van der Waals surface area (Å²) in [7, 11) is 0. The summed E-state index contributed by atoms with van der Waals surface area (Å²) in [6.45, 7) is 7.20. The van der Waals surface area contributed by atoms with Gasteiger partial charge in [0.2, 0.25) is 5.88 Å². The molecule has 1 saturated heterocycles. The average Bonchev–Trinajstić information content (AvgIpc) is 3.53. The number of rotatable bonds is 10. The van der Waals surface area contributed by atoms with Crippen LogP contribution in [0.15, 0.2) is 66.2 Å². The van der Waals surface area contributed by atoms with Gasteiger partial charge in [0.1, 0.15) is 17.1 Å². The molecule has 2 aromatic heterocycles. The van der Waals surface area contributed by atoms with Crippen LogP contribution in [0.1, 0.15) is 57.1 Å². The predicted octanol–water partition coefficient (Wildman–Crippen LogP) is 5.36. The van der Waals surface area contributed by atoms with Crippen molar-refractivity contribution < 1.29 is 18.7 Å². The SMILES string of the molecule is Cc1csc(C(=O)N[C@H]2CC[C@@H](NC(=O)c3cc(F)cnc3Oc3cccc(-c4ccc(CCN5CCNCC5)cc4)c3)CC2)n1. The smallest absolute Gasteiger partial charge is 0.280 e. The number of piperazine rings is 1. The second kappa shape index (κ2) is 14.9. The molecule has 2 amide bonds. The zero-order valence-corrected chi connectivity index (χ0v) is 26.7. The Labute approximate surface area is 272 Å². The van der Waals surface area contributed by atoms with E-state index in [1.54, 1.807) is 6.07 Å². The lowest BCUT2D eigenvalue weighted by Crippen LogP contribution is -2.44. The molecule has 1 aliphatic carbocycles. The van der Waals surface area contributed by atoms with E-state index >= 15 is 0 Å². The first kappa shape index (κ1) is 31.8. The Morgan fingerprint density at radius 3 is 2.39 bits per heavy atom. The Morgan fingerprint density at radius 1 is 0.978 bits per heavy atom. The van der Waals surface area contributed by atoms with E-state index in [0.29, 0.717) is 23.6 Å². The first-order valence-electron chi connectivity index (χ1n) is 15.9. The van der Waals surface area contributed by atoms with Gasteiger partial charge in [-0.1, -0.05) is 36.4 Å². The zero-order chi connectivity index (χ0) is 31.9. The molecular formula is C35H39FN6O3S. The fourth-order valence-corrected chi connectivity index (χ4v) is 6.66. The average molecular weight is 643 g/mol. The molecule has 0 unspecified atom stereocenters. The molecule has 2 aliphatic rings. The predicted molar refractivity (Wildman–Crippen MR) is 177 cm³/mol. The molecule has 0 atom stereocenters. The van der Waals surface area contributed by atoms with E-state index in [2.05, 4.69) is 55.1 Å². The van der Waals surface area contributed by atoms with Gasteiger partial charge in [-0.25, -0.2) is 14.4 Å². The maximum Gasteiger partial charge on any atom is 0.280 e. The highest BCUT2D eigenvalue weighted by atomic mass is 32.1. The van der Waals surface area contributed by atoms with Gasteiger partial charge >= 0.3 is 0 Å². The number of amides is 2. The highest BCUT2D eigenvalue weighted by molar-refractivity contribution is 7.11. The lowest BCUT2D eigenvalue weighted by atomic mass is 9.91. The number of nitrogens with zero attached hydrogens (tertiary/aromatic N) is 3. The zero-order valence-electron chi connectivity index (χ0n) is 25.9. The van der Waals surface area contributed by atoms with Gasteiger partial charge in [0.05, 0.1) is 6.20 Å². The molecule has 9 nitrogen and oxygen atoms in total. The monoisotopic (exact) mass is 642 g/mol. The van der Waals surface area contributed by atoms with Crippen LogP contribution in [-0.2, 0) is 6.42 Å². The minimum absolute atomic E-state index is 0.0143. The number of halogens is 1. The molecule has 11 heteroatoms. The second-order valence-corrected chi connectivity index (χ2v) is 12.8. The van der Waals surface area contributed by atoms with Crippen LogP contribution >= 0.6 is 11.3 Å². The van der Waals surface area contributed by atoms with E-state index in [0.717, 1.165) is 81.1 Å². The molecule has 240 valence electrons. The summed E-state index contributed by atoms with van der Waals surface area (Å²) in [6.07, 6.45) is 4.86. The number of carbonyl (C=O) groups excluding carboxylic acids is 2. The van der Waals surface area contributed by atoms with E-state index in [9.17, 15) is 14.0 Å². The molecular weight excluding hydrogens is 603 g/mol. The second-order valence-electron chi connectivity index (χ2n) is 12.0. The number of aryl methyl sites for hydroxylation is 1. The fraction of sp³-hybridized carbons (Fsp3) is 0.371. The summed E-state index contributed by atoms with van der Waals surface area (Å²) in [5, 5.41) is 11.8. The summed E-state index contributed by atoms with van der Waals surface area (Å²) in [5.74, 6) is -0.688. The minimum Gasteiger partial charge on any atom is -0.438 e. The van der Waals surface area contributed by atoms with Crippen molar-refractivity contribution in [2.75, 3.05) is 32.7 Å². The third kappa shape index (κ3) is 8.34. The summed E-state index contributed by atoms with van der Waals surface area (Å²) >= 11 is 1.33. The van der Waals surface area contributed by atoms with Crippen molar-refractivity contribution in [2.24, 2.45) is 0 Å². The molecule has 3 heterocycles. The number of benzene rings is 2. The van der Waals surface area contributed by atoms with Crippen molar-refractivity contribution in [3.8, 4) is 22.8 Å². The van der Waals surface area contributed by atoms with Crippen LogP contribution in [0.2, 0.25) is 0 Å². The molecule has 0 radical (unpaired) electrons. The van der Waals surface area contributed by atoms with Crippen molar-refractivity contribution in [1.29, 1.82) is 0 Å². The fourth-order valence-electron chi connectivity index (χ4n) is 5.96. The lowest BCUT2D eigenvalue weighted by molar-refractivity contribution is 0.0890. The van der Waals surface area contributed by atoms with E-state index in [1.165, 1.54) is 16.9 Å². The van der Waals surface area contributed by atoms with Gasteiger partial charge in [-0.15, -0.1) is 11.3 Å². The van der Waals surface area contributed by atoms with Crippen LogP contribution in [0.5, 0.6) is 11.6 Å². The maximum atomic E-state index is 14.3. The summed E-state index contributed by atoms with van der Waals surface area (Å²) < 4.78 is 20.3. The van der Waals surface area contributed by atoms with Gasteiger partial charge in [0, 0.05) is 55.9 Å². The lowest BCUT2D eigenvalue weighted by Gasteiger charge is -2.29. The summed E-state index contributed by atoms with van der Waals surface area (Å²) in [4.78, 5) is 36.7. The molecule has 2 fully saturated rings. The molecule has 2 aromatic carbocycles. The first-order valence-corrected chi connectivity index (χ1v) is 16.8. The number of hydrogen-bond donors (Lipinski definition) is 3. The highest BCUT2D eigenvalue weighted by Crippen LogP contribution is 2.29. The highest BCUT2D eigenvalue weighted by Gasteiger charge is 2.26. The normalized spacial score (nSPS) is 18.6. The molecule has 0 spiro atoms. The number of thiazole rings is 1. The topological polar surface area (TPSA) is 108 Å². The van der Waals surface area contributed by atoms with Crippen molar-refractivity contribution >= 4 is 23.2 Å². The van der Waals surface area contributed by atoms with Crippen LogP contribution < -0.4 is 20.7 Å². The maximum absolute atomic E-state index is 14.3. The number of hydrogen-bond acceptors (Lipinski definition) is 8. The van der Waals surface area contributed by atoms with Crippen LogP contribution in [0.25, 0.3) is 11.1 Å². The van der Waals surface area contributed by atoms with Gasteiger partial charge in [0.25, 0.3) is 11.8 Å². The Balaban J connectivity index is 1.05. The Kier molecular flexibility index (Phi) is 10.3. The summed E-state index contributed by atoms with van der Waals surface area (Å²) in [6, 6.07) is 17.2. The number of aromatic nitrogens is 2. The van der Waals surface area contributed by atoms with Crippen molar-refractivity contribution in [3.05, 3.63) is 93.8 Å². The Bertz CT molecular complexity index is 1650. The number of pyridine rings is 1. The van der Waals surface area contributed by atoms with Gasteiger partial charge in [-0.3, -0.25) is 9.59 Å². The largest absolute Gasteiger partial charge is 0.438 e. The molecule has 46 heavy (non-hydrogen) atoms. The standard InChI is InChI=1S/C35H39FN6O3S/c1-23-22-46-35(39-23)33(44)41-29-11-9-28(10-12-29)40-32(43)31-20-27(36)21-38-34(31)45-30-4-2-3-26(19-30)25-7-5-24(6-8-25)13-16-42-17-14-37-15-18-42/h2-8,19-22,28-29,37H,9-18H2,1H3,(H,40,43)(H,41,44)/t28-,29+. The molecule has 6 rings (SSSR count). The van der Waals surface area contributed by atoms with Crippen LogP contribution in [0, 0.1) is 12.7 Å². The molecule has 1 saturated carbocycles. The van der Waals surface area contributed by atoms with Crippen LogP contribution in [0.3, 0.4) is 0 Å². The van der Waals surface area contributed by atoms with E-state index in [-0.39, 0.29) is 29.4 Å². The first-order chi connectivity index (χ1) is 22.4. The van der Waals surface area contributed by atoms with Gasteiger partial charge in [-0.05, 0) is 73.9 Å². The summed E-state index contributed by atoms with van der Waals surface area (Å²) in [5.41, 5.74) is 4.17. The van der Waals surface area contributed by atoms with Crippen LogP contribution in [-0.4, -0.2) is 71.5 Å². The molecule has 0 bridgehead atoms.